The number of imidazole rings is 1. The van der Waals surface area contributed by atoms with E-state index < -0.39 is 36.1 Å². The first-order valence-corrected chi connectivity index (χ1v) is 13.6. The lowest BCUT2D eigenvalue weighted by molar-refractivity contribution is -0.133. The van der Waals surface area contributed by atoms with E-state index in [1.54, 1.807) is 59.9 Å². The van der Waals surface area contributed by atoms with Gasteiger partial charge in [0.05, 0.1) is 31.1 Å². The van der Waals surface area contributed by atoms with Crippen LogP contribution in [0.1, 0.15) is 24.3 Å². The topological polar surface area (TPSA) is 151 Å². The van der Waals surface area contributed by atoms with E-state index in [1.165, 1.54) is 11.0 Å². The van der Waals surface area contributed by atoms with Gasteiger partial charge in [-0.15, -0.1) is 0 Å². The van der Waals surface area contributed by atoms with E-state index in [4.69, 9.17) is 9.47 Å². The first kappa shape index (κ1) is 28.6. The van der Waals surface area contributed by atoms with Crippen molar-refractivity contribution < 1.29 is 33.0 Å². The minimum absolute atomic E-state index is 0.0743. The largest absolute Gasteiger partial charge is 0.450 e. The molecule has 42 heavy (non-hydrogen) atoms. The normalized spacial score (nSPS) is 17.6. The zero-order chi connectivity index (χ0) is 29.8. The molecule has 14 nitrogen and oxygen atoms in total. The second kappa shape index (κ2) is 12.3. The molecule has 2 aromatic heterocycles. The Morgan fingerprint density at radius 3 is 2.71 bits per heavy atom. The van der Waals surface area contributed by atoms with Crippen LogP contribution in [0.5, 0.6) is 0 Å². The maximum absolute atomic E-state index is 15.2. The lowest BCUT2D eigenvalue weighted by atomic mass is 10.2. The molecule has 3 aromatic rings. The molecule has 2 atom stereocenters. The SMILES string of the molecule is CCOC(=O)NC[C@H]1CN(c2ccc(N3CCN(C(=O)[C@H](C)NC(=O)c4cn5cccnc5n4)CC3)c(F)c2)C(=O)O1. The van der Waals surface area contributed by atoms with Crippen LogP contribution in [0.15, 0.2) is 42.9 Å². The molecular weight excluding hydrogens is 551 g/mol. The minimum Gasteiger partial charge on any atom is -0.450 e. The third-order valence-electron chi connectivity index (χ3n) is 6.98. The number of amides is 4. The summed E-state index contributed by atoms with van der Waals surface area (Å²) in [5, 5.41) is 5.21. The molecule has 0 saturated carbocycles. The zero-order valence-electron chi connectivity index (χ0n) is 23.2. The fourth-order valence-corrected chi connectivity index (χ4v) is 4.85. The monoisotopic (exact) mass is 582 g/mol. The molecule has 2 aliphatic heterocycles. The molecule has 2 fully saturated rings. The second-order valence-electron chi connectivity index (χ2n) is 9.81. The van der Waals surface area contributed by atoms with Crippen molar-refractivity contribution >= 4 is 41.2 Å². The lowest BCUT2D eigenvalue weighted by Crippen LogP contribution is -2.54. The molecule has 222 valence electrons. The fraction of sp³-hybridized carbons (Fsp3) is 0.407. The summed E-state index contributed by atoms with van der Waals surface area (Å²) in [6.07, 6.45) is 3.00. The van der Waals surface area contributed by atoms with Gasteiger partial charge in [0.15, 0.2) is 0 Å². The maximum atomic E-state index is 15.2. The van der Waals surface area contributed by atoms with Gasteiger partial charge in [0.2, 0.25) is 11.7 Å². The average Bonchev–Trinajstić information content (AvgIpc) is 3.59. The fourth-order valence-electron chi connectivity index (χ4n) is 4.85. The van der Waals surface area contributed by atoms with Gasteiger partial charge in [-0.25, -0.2) is 23.9 Å². The first-order chi connectivity index (χ1) is 20.2. The van der Waals surface area contributed by atoms with Crippen LogP contribution in [0.25, 0.3) is 5.78 Å². The Labute approximate surface area is 240 Å². The van der Waals surface area contributed by atoms with E-state index in [9.17, 15) is 19.2 Å². The van der Waals surface area contributed by atoms with E-state index in [2.05, 4.69) is 20.6 Å². The van der Waals surface area contributed by atoms with Crippen molar-refractivity contribution in [1.82, 2.24) is 29.9 Å². The Kier molecular flexibility index (Phi) is 8.36. The predicted octanol–water partition coefficient (Wildman–Crippen LogP) is 1.41. The lowest BCUT2D eigenvalue weighted by Gasteiger charge is -2.37. The van der Waals surface area contributed by atoms with E-state index in [-0.39, 0.29) is 31.3 Å². The van der Waals surface area contributed by atoms with E-state index in [0.29, 0.717) is 43.3 Å². The zero-order valence-corrected chi connectivity index (χ0v) is 23.2. The number of piperazine rings is 1. The number of cyclic esters (lactones) is 1. The summed E-state index contributed by atoms with van der Waals surface area (Å²) in [5.74, 6) is -0.868. The van der Waals surface area contributed by atoms with E-state index in [1.807, 2.05) is 4.90 Å². The predicted molar refractivity (Wildman–Crippen MR) is 148 cm³/mol. The molecule has 4 heterocycles. The van der Waals surface area contributed by atoms with Gasteiger partial charge in [0.25, 0.3) is 5.91 Å². The Hall–Kier alpha value is -4.95. The molecule has 0 unspecified atom stereocenters. The summed E-state index contributed by atoms with van der Waals surface area (Å²) in [4.78, 5) is 62.5. The highest BCUT2D eigenvalue weighted by atomic mass is 19.1. The van der Waals surface area contributed by atoms with Gasteiger partial charge in [-0.3, -0.25) is 18.9 Å². The van der Waals surface area contributed by atoms with Crippen molar-refractivity contribution in [3.05, 3.63) is 54.4 Å². The van der Waals surface area contributed by atoms with Crippen molar-refractivity contribution in [3.8, 4) is 0 Å². The van der Waals surface area contributed by atoms with Gasteiger partial charge in [-0.1, -0.05) is 0 Å². The number of hydrogen-bond acceptors (Lipinski definition) is 9. The summed E-state index contributed by atoms with van der Waals surface area (Å²) in [5.41, 5.74) is 0.837. The molecule has 0 spiro atoms. The van der Waals surface area contributed by atoms with Crippen molar-refractivity contribution in [2.45, 2.75) is 26.0 Å². The summed E-state index contributed by atoms with van der Waals surface area (Å²) in [6.45, 7) is 5.18. The van der Waals surface area contributed by atoms with Crippen LogP contribution in [-0.2, 0) is 14.3 Å². The number of alkyl carbamates (subject to hydrolysis) is 1. The van der Waals surface area contributed by atoms with Crippen LogP contribution in [0.2, 0.25) is 0 Å². The van der Waals surface area contributed by atoms with Crippen LogP contribution in [0, 0.1) is 5.82 Å². The number of aromatic nitrogens is 3. The highest BCUT2D eigenvalue weighted by Crippen LogP contribution is 2.28. The van der Waals surface area contributed by atoms with Gasteiger partial charge in [0, 0.05) is 44.8 Å². The van der Waals surface area contributed by atoms with Crippen molar-refractivity contribution in [3.63, 3.8) is 0 Å². The van der Waals surface area contributed by atoms with Gasteiger partial charge in [-0.05, 0) is 38.1 Å². The molecule has 2 saturated heterocycles. The van der Waals surface area contributed by atoms with Crippen LogP contribution in [-0.4, -0.2) is 101 Å². The Morgan fingerprint density at radius 1 is 1.21 bits per heavy atom. The maximum Gasteiger partial charge on any atom is 0.414 e. The van der Waals surface area contributed by atoms with Crippen molar-refractivity contribution in [2.75, 3.05) is 55.7 Å². The van der Waals surface area contributed by atoms with Crippen LogP contribution >= 0.6 is 0 Å². The summed E-state index contributed by atoms with van der Waals surface area (Å²) >= 11 is 0. The number of carbonyl (C=O) groups is 4. The number of hydrogen-bond donors (Lipinski definition) is 2. The standard InChI is InChI=1S/C27H31FN8O6/c1-3-41-26(39)30-14-19-15-36(27(40)42-19)18-5-6-22(20(28)13-18)33-9-11-34(12-10-33)24(38)17(2)31-23(37)21-16-35-8-4-7-29-25(35)32-21/h4-8,13,16-17,19H,3,9-12,14-15H2,1-2H3,(H,30,39)(H,31,37)/t17-,19-/m0/s1. The number of carbonyl (C=O) groups excluding carboxylic acids is 4. The molecule has 0 radical (unpaired) electrons. The Balaban J connectivity index is 1.13. The third-order valence-corrected chi connectivity index (χ3v) is 6.98. The molecule has 1 aromatic carbocycles. The molecule has 0 aliphatic carbocycles. The number of rotatable bonds is 8. The Bertz CT molecular complexity index is 1460. The molecule has 4 amide bonds. The number of benzene rings is 1. The molecular formula is C27H31FN8O6. The van der Waals surface area contributed by atoms with E-state index >= 15 is 4.39 Å². The van der Waals surface area contributed by atoms with Crippen LogP contribution < -0.4 is 20.4 Å². The van der Waals surface area contributed by atoms with Gasteiger partial charge < -0.3 is 29.9 Å². The Morgan fingerprint density at radius 2 is 2.00 bits per heavy atom. The van der Waals surface area contributed by atoms with Crippen LogP contribution in [0.3, 0.4) is 0 Å². The number of nitrogens with zero attached hydrogens (tertiary/aromatic N) is 6. The number of halogens is 1. The number of ether oxygens (including phenoxy) is 2. The number of nitrogens with one attached hydrogen (secondary N) is 2. The summed E-state index contributed by atoms with van der Waals surface area (Å²) in [7, 11) is 0. The number of fused-ring (bicyclic) bond motifs is 1. The summed E-state index contributed by atoms with van der Waals surface area (Å²) < 4.78 is 26.9. The number of anilines is 2. The molecule has 0 bridgehead atoms. The first-order valence-electron chi connectivity index (χ1n) is 13.6. The highest BCUT2D eigenvalue weighted by molar-refractivity contribution is 5.96. The highest BCUT2D eigenvalue weighted by Gasteiger charge is 2.34. The molecule has 2 N–H and O–H groups in total. The van der Waals surface area contributed by atoms with Crippen molar-refractivity contribution in [2.24, 2.45) is 0 Å². The van der Waals surface area contributed by atoms with Gasteiger partial charge in [-0.2, -0.15) is 0 Å². The van der Waals surface area contributed by atoms with Crippen LogP contribution in [0.4, 0.5) is 25.4 Å². The third kappa shape index (κ3) is 6.19. The quantitative estimate of drug-likeness (QED) is 0.402. The van der Waals surface area contributed by atoms with Gasteiger partial charge in [0.1, 0.15) is 23.7 Å². The van der Waals surface area contributed by atoms with Gasteiger partial charge >= 0.3 is 12.2 Å². The summed E-state index contributed by atoms with van der Waals surface area (Å²) in [6, 6.07) is 5.42. The molecule has 5 rings (SSSR count). The minimum atomic E-state index is -0.783. The van der Waals surface area contributed by atoms with E-state index in [0.717, 1.165) is 0 Å². The smallest absolute Gasteiger partial charge is 0.414 e. The molecule has 15 heteroatoms. The second-order valence-corrected chi connectivity index (χ2v) is 9.81. The van der Waals surface area contributed by atoms with Crippen molar-refractivity contribution in [1.29, 1.82) is 0 Å². The molecule has 2 aliphatic rings. The average molecular weight is 583 g/mol.